The number of halogens is 1. The second kappa shape index (κ2) is 6.08. The van der Waals surface area contributed by atoms with Crippen molar-refractivity contribution < 1.29 is 8.42 Å². The van der Waals surface area contributed by atoms with Gasteiger partial charge in [-0.05, 0) is 33.7 Å². The minimum atomic E-state index is -3.71. The molecular weight excluding hydrogens is 322 g/mol. The van der Waals surface area contributed by atoms with Gasteiger partial charge in [0.1, 0.15) is 0 Å². The Morgan fingerprint density at radius 3 is 2.55 bits per heavy atom. The first kappa shape index (κ1) is 15.2. The molecule has 1 heterocycles. The molecule has 0 bridgehead atoms. The van der Waals surface area contributed by atoms with Gasteiger partial charge in [-0.25, -0.2) is 0 Å². The van der Waals surface area contributed by atoms with Crippen molar-refractivity contribution >= 4 is 33.6 Å². The van der Waals surface area contributed by atoms with Crippen molar-refractivity contribution in [3.05, 3.63) is 35.1 Å². The van der Waals surface area contributed by atoms with E-state index in [2.05, 4.69) is 15.4 Å². The minimum Gasteiger partial charge on any atom is -0.188 e. The summed E-state index contributed by atoms with van der Waals surface area (Å²) in [4.78, 5) is 0.987. The first-order valence-corrected chi connectivity index (χ1v) is 8.26. The first-order chi connectivity index (χ1) is 9.39. The van der Waals surface area contributed by atoms with E-state index in [0.717, 1.165) is 9.20 Å². The predicted octanol–water partition coefficient (Wildman–Crippen LogP) is 1.27. The second-order valence-corrected chi connectivity index (χ2v) is 7.40. The van der Waals surface area contributed by atoms with Crippen LogP contribution in [0.1, 0.15) is 5.82 Å². The third-order valence-electron chi connectivity index (χ3n) is 2.29. The molecule has 0 amide bonds. The van der Waals surface area contributed by atoms with Crippen molar-refractivity contribution in [3.8, 4) is 0 Å². The monoisotopic (exact) mass is 333 g/mol. The molecule has 0 N–H and O–H groups in total. The van der Waals surface area contributed by atoms with Gasteiger partial charge in [-0.2, -0.15) is 12.7 Å². The van der Waals surface area contributed by atoms with Crippen molar-refractivity contribution in [1.82, 2.24) is 23.9 Å². The van der Waals surface area contributed by atoms with Crippen LogP contribution in [-0.4, -0.2) is 46.4 Å². The van der Waals surface area contributed by atoms with Crippen LogP contribution in [0.5, 0.6) is 0 Å². The molecular formula is C10H12ClN5O2S2. The molecule has 1 aromatic heterocycles. The van der Waals surface area contributed by atoms with E-state index in [1.807, 2.05) is 12.1 Å². The number of hydrogen-bond acceptors (Lipinski definition) is 6. The van der Waals surface area contributed by atoms with E-state index in [0.29, 0.717) is 20.8 Å². The summed E-state index contributed by atoms with van der Waals surface area (Å²) in [5, 5.41) is 11.8. The summed E-state index contributed by atoms with van der Waals surface area (Å²) in [6, 6.07) is 7.30. The lowest BCUT2D eigenvalue weighted by atomic mass is 10.4. The molecule has 2 aromatic rings. The van der Waals surface area contributed by atoms with Gasteiger partial charge >= 0.3 is 10.2 Å². The number of aromatic nitrogens is 4. The van der Waals surface area contributed by atoms with E-state index in [9.17, 15) is 8.42 Å². The molecule has 20 heavy (non-hydrogen) atoms. The van der Waals surface area contributed by atoms with Crippen molar-refractivity contribution in [3.63, 3.8) is 0 Å². The van der Waals surface area contributed by atoms with Crippen LogP contribution in [0, 0.1) is 0 Å². The van der Waals surface area contributed by atoms with Gasteiger partial charge in [0.2, 0.25) is 0 Å². The lowest BCUT2D eigenvalue weighted by molar-refractivity contribution is 0.491. The fourth-order valence-electron chi connectivity index (χ4n) is 1.21. The summed E-state index contributed by atoms with van der Waals surface area (Å²) >= 11 is 7.26. The third-order valence-corrected chi connectivity index (χ3v) is 5.04. The average Bonchev–Trinajstić information content (AvgIpc) is 2.87. The summed E-state index contributed by atoms with van der Waals surface area (Å²) in [5.41, 5.74) is 0. The van der Waals surface area contributed by atoms with Gasteiger partial charge < -0.3 is 0 Å². The summed E-state index contributed by atoms with van der Waals surface area (Å²) in [7, 11) is -0.899. The van der Waals surface area contributed by atoms with E-state index in [1.165, 1.54) is 25.9 Å². The van der Waals surface area contributed by atoms with E-state index in [1.54, 1.807) is 12.1 Å². The zero-order valence-electron chi connectivity index (χ0n) is 10.8. The van der Waals surface area contributed by atoms with Crippen LogP contribution in [0.25, 0.3) is 0 Å². The highest BCUT2D eigenvalue weighted by Gasteiger charge is 2.20. The maximum atomic E-state index is 11.8. The Labute approximate surface area is 126 Å². The fraction of sp³-hybridized carbons (Fsp3) is 0.300. The molecule has 0 spiro atoms. The smallest absolute Gasteiger partial charge is 0.188 e. The number of hydrogen-bond donors (Lipinski definition) is 0. The SMILES string of the molecule is CN(C)S(=O)(=O)n1nnc(CSc2ccc(Cl)cc2)n1. The van der Waals surface area contributed by atoms with Crippen molar-refractivity contribution in [2.24, 2.45) is 0 Å². The van der Waals surface area contributed by atoms with Crippen LogP contribution in [-0.2, 0) is 16.0 Å². The molecule has 0 fully saturated rings. The van der Waals surface area contributed by atoms with E-state index in [4.69, 9.17) is 11.6 Å². The van der Waals surface area contributed by atoms with E-state index >= 15 is 0 Å². The number of nitrogens with zero attached hydrogens (tertiary/aromatic N) is 5. The molecule has 0 aliphatic rings. The highest BCUT2D eigenvalue weighted by Crippen LogP contribution is 2.22. The molecule has 10 heteroatoms. The van der Waals surface area contributed by atoms with Crippen molar-refractivity contribution in [2.45, 2.75) is 10.6 Å². The quantitative estimate of drug-likeness (QED) is 0.767. The maximum absolute atomic E-state index is 11.8. The summed E-state index contributed by atoms with van der Waals surface area (Å²) in [6.07, 6.45) is 0. The zero-order valence-corrected chi connectivity index (χ0v) is 13.2. The van der Waals surface area contributed by atoms with Crippen LogP contribution in [0.3, 0.4) is 0 Å². The van der Waals surface area contributed by atoms with Gasteiger partial charge in [-0.1, -0.05) is 11.6 Å². The highest BCUT2D eigenvalue weighted by atomic mass is 35.5. The Balaban J connectivity index is 2.05. The first-order valence-electron chi connectivity index (χ1n) is 5.50. The maximum Gasteiger partial charge on any atom is 0.340 e. The largest absolute Gasteiger partial charge is 0.340 e. The zero-order chi connectivity index (χ0) is 14.8. The lowest BCUT2D eigenvalue weighted by Gasteiger charge is -2.07. The number of thioether (sulfide) groups is 1. The molecule has 108 valence electrons. The Bertz CT molecular complexity index is 684. The van der Waals surface area contributed by atoms with Crippen molar-refractivity contribution in [2.75, 3.05) is 14.1 Å². The van der Waals surface area contributed by atoms with Gasteiger partial charge in [0.15, 0.2) is 5.82 Å². The topological polar surface area (TPSA) is 81.0 Å². The lowest BCUT2D eigenvalue weighted by Crippen LogP contribution is -2.30. The van der Waals surface area contributed by atoms with Gasteiger partial charge in [0.25, 0.3) is 0 Å². The number of rotatable bonds is 5. The highest BCUT2D eigenvalue weighted by molar-refractivity contribution is 7.98. The van der Waals surface area contributed by atoms with Crippen LogP contribution in [0.2, 0.25) is 5.02 Å². The van der Waals surface area contributed by atoms with Crippen LogP contribution >= 0.6 is 23.4 Å². The Kier molecular flexibility index (Phi) is 4.63. The van der Waals surface area contributed by atoms with Crippen LogP contribution in [0.4, 0.5) is 0 Å². The van der Waals surface area contributed by atoms with Gasteiger partial charge in [-0.3, -0.25) is 0 Å². The summed E-state index contributed by atoms with van der Waals surface area (Å²) in [6.45, 7) is 0. The molecule has 7 nitrogen and oxygen atoms in total. The molecule has 0 atom stereocenters. The minimum absolute atomic E-state index is 0.343. The van der Waals surface area contributed by atoms with E-state index in [-0.39, 0.29) is 0 Å². The van der Waals surface area contributed by atoms with Gasteiger partial charge in [-0.15, -0.1) is 22.0 Å². The molecule has 0 aliphatic carbocycles. The molecule has 0 aliphatic heterocycles. The summed E-state index contributed by atoms with van der Waals surface area (Å²) < 4.78 is 25.2. The molecule has 2 rings (SSSR count). The van der Waals surface area contributed by atoms with Crippen LogP contribution < -0.4 is 0 Å². The molecule has 0 radical (unpaired) electrons. The van der Waals surface area contributed by atoms with E-state index < -0.39 is 10.2 Å². The van der Waals surface area contributed by atoms with Crippen molar-refractivity contribution in [1.29, 1.82) is 0 Å². The number of tetrazole rings is 1. The van der Waals surface area contributed by atoms with Gasteiger partial charge in [0.05, 0.1) is 5.75 Å². The molecule has 0 unspecified atom stereocenters. The summed E-state index contributed by atoms with van der Waals surface area (Å²) in [5.74, 6) is 0.764. The standard InChI is InChI=1S/C10H12ClN5O2S2/c1-15(2)20(17,18)16-13-10(12-14-16)7-19-9-5-3-8(11)4-6-9/h3-6H,7H2,1-2H3. The molecule has 0 saturated carbocycles. The third kappa shape index (κ3) is 3.48. The number of benzene rings is 1. The Morgan fingerprint density at radius 1 is 1.30 bits per heavy atom. The second-order valence-electron chi connectivity index (χ2n) is 3.96. The normalized spacial score (nSPS) is 12.0. The fourth-order valence-corrected chi connectivity index (χ4v) is 2.69. The Hall–Kier alpha value is -1.16. The average molecular weight is 334 g/mol. The molecule has 0 saturated heterocycles. The predicted molar refractivity (Wildman–Crippen MR) is 76.8 cm³/mol. The Morgan fingerprint density at radius 2 is 1.95 bits per heavy atom. The van der Waals surface area contributed by atoms with Gasteiger partial charge in [0, 0.05) is 24.0 Å². The molecule has 1 aromatic carbocycles. The van der Waals surface area contributed by atoms with Crippen LogP contribution in [0.15, 0.2) is 29.2 Å².